The van der Waals surface area contributed by atoms with E-state index in [-0.39, 0.29) is 11.9 Å². The van der Waals surface area contributed by atoms with Gasteiger partial charge in [-0.25, -0.2) is 4.39 Å². The van der Waals surface area contributed by atoms with Crippen LogP contribution in [0.25, 0.3) is 0 Å². The van der Waals surface area contributed by atoms with E-state index in [0.717, 1.165) is 26.1 Å². The molecule has 1 heterocycles. The highest BCUT2D eigenvalue weighted by Crippen LogP contribution is 2.24. The predicted molar refractivity (Wildman–Crippen MR) is 65.9 cm³/mol. The summed E-state index contributed by atoms with van der Waals surface area (Å²) in [5.74, 6) is 0.171. The lowest BCUT2D eigenvalue weighted by Gasteiger charge is -2.15. The molecule has 2 N–H and O–H groups in total. The molecule has 1 aliphatic heterocycles. The Balaban J connectivity index is 1.78. The topological polar surface area (TPSA) is 38.5 Å². The normalized spacial score (nSPS) is 20.8. The van der Waals surface area contributed by atoms with Gasteiger partial charge in [-0.1, -0.05) is 11.6 Å². The number of hydrogen-bond donors (Lipinski definition) is 1. The molecule has 0 aliphatic carbocycles. The smallest absolute Gasteiger partial charge is 0.138 e. The molecule has 0 amide bonds. The summed E-state index contributed by atoms with van der Waals surface area (Å²) in [5, 5.41) is 0.308. The molecule has 2 rings (SSSR count). The van der Waals surface area contributed by atoms with Crippen LogP contribution in [0.2, 0.25) is 5.02 Å². The Morgan fingerprint density at radius 3 is 3.00 bits per heavy atom. The summed E-state index contributed by atoms with van der Waals surface area (Å²) < 4.78 is 18.3. The van der Waals surface area contributed by atoms with E-state index in [2.05, 4.69) is 4.90 Å². The number of benzene rings is 1. The zero-order valence-corrected chi connectivity index (χ0v) is 10.3. The number of ether oxygens (including phenoxy) is 1. The summed E-state index contributed by atoms with van der Waals surface area (Å²) in [6.07, 6.45) is 1.04. The summed E-state index contributed by atoms with van der Waals surface area (Å²) in [4.78, 5) is 2.25. The van der Waals surface area contributed by atoms with Gasteiger partial charge in [-0.3, -0.25) is 4.90 Å². The second-order valence-electron chi connectivity index (χ2n) is 4.27. The van der Waals surface area contributed by atoms with Gasteiger partial charge < -0.3 is 10.5 Å². The van der Waals surface area contributed by atoms with Crippen LogP contribution in [0.15, 0.2) is 18.2 Å². The van der Waals surface area contributed by atoms with Crippen LogP contribution in [0, 0.1) is 5.82 Å². The third-order valence-electron chi connectivity index (χ3n) is 2.87. The van der Waals surface area contributed by atoms with Gasteiger partial charge in [-0.2, -0.15) is 0 Å². The molecule has 1 atom stereocenters. The molecule has 0 radical (unpaired) electrons. The maximum Gasteiger partial charge on any atom is 0.138 e. The van der Waals surface area contributed by atoms with Gasteiger partial charge in [-0.15, -0.1) is 0 Å². The molecule has 1 aromatic carbocycles. The fourth-order valence-corrected chi connectivity index (χ4v) is 2.16. The summed E-state index contributed by atoms with van der Waals surface area (Å²) in [5.41, 5.74) is 5.80. The fourth-order valence-electron chi connectivity index (χ4n) is 1.94. The third kappa shape index (κ3) is 3.56. The van der Waals surface area contributed by atoms with E-state index in [9.17, 15) is 4.39 Å². The summed E-state index contributed by atoms with van der Waals surface area (Å²) in [6, 6.07) is 4.42. The molecular formula is C12H16ClFN2O. The van der Waals surface area contributed by atoms with Crippen molar-refractivity contribution in [1.82, 2.24) is 4.90 Å². The SMILES string of the molecule is N[C@@H]1CCN(CCOc2ccc(F)cc2Cl)C1. The van der Waals surface area contributed by atoms with Gasteiger partial charge in [0.2, 0.25) is 0 Å². The molecule has 1 aromatic rings. The van der Waals surface area contributed by atoms with Crippen LogP contribution in [0.4, 0.5) is 4.39 Å². The van der Waals surface area contributed by atoms with Crippen molar-refractivity contribution < 1.29 is 9.13 Å². The van der Waals surface area contributed by atoms with Crippen LogP contribution < -0.4 is 10.5 Å². The van der Waals surface area contributed by atoms with Crippen LogP contribution in [-0.4, -0.2) is 37.2 Å². The lowest BCUT2D eigenvalue weighted by molar-refractivity contribution is 0.236. The molecule has 3 nitrogen and oxygen atoms in total. The standard InChI is InChI=1S/C12H16ClFN2O/c13-11-7-9(14)1-2-12(11)17-6-5-16-4-3-10(15)8-16/h1-2,7,10H,3-6,8,15H2/t10-/m1/s1. The van der Waals surface area contributed by atoms with Crippen molar-refractivity contribution >= 4 is 11.6 Å². The van der Waals surface area contributed by atoms with Gasteiger partial charge in [0.15, 0.2) is 0 Å². The molecule has 0 saturated carbocycles. The molecule has 5 heteroatoms. The molecule has 0 unspecified atom stereocenters. The second-order valence-corrected chi connectivity index (χ2v) is 4.68. The van der Waals surface area contributed by atoms with Gasteiger partial charge in [0.25, 0.3) is 0 Å². The molecule has 0 aromatic heterocycles. The molecule has 0 spiro atoms. The minimum atomic E-state index is -0.354. The van der Waals surface area contributed by atoms with Crippen LogP contribution in [0.5, 0.6) is 5.75 Å². The maximum absolute atomic E-state index is 12.8. The van der Waals surface area contributed by atoms with E-state index in [1.165, 1.54) is 12.1 Å². The van der Waals surface area contributed by atoms with E-state index in [0.29, 0.717) is 17.4 Å². The number of hydrogen-bond acceptors (Lipinski definition) is 3. The van der Waals surface area contributed by atoms with E-state index in [4.69, 9.17) is 22.1 Å². The highest BCUT2D eigenvalue weighted by molar-refractivity contribution is 6.32. The summed E-state index contributed by atoms with van der Waals surface area (Å²) in [7, 11) is 0. The Morgan fingerprint density at radius 2 is 2.35 bits per heavy atom. The lowest BCUT2D eigenvalue weighted by Crippen LogP contribution is -2.29. The number of nitrogens with zero attached hydrogens (tertiary/aromatic N) is 1. The highest BCUT2D eigenvalue weighted by Gasteiger charge is 2.18. The summed E-state index contributed by atoms with van der Waals surface area (Å²) >= 11 is 5.85. The first-order valence-corrected chi connectivity index (χ1v) is 6.09. The minimum Gasteiger partial charge on any atom is -0.491 e. The van der Waals surface area contributed by atoms with Crippen LogP contribution in [0.1, 0.15) is 6.42 Å². The maximum atomic E-state index is 12.8. The van der Waals surface area contributed by atoms with Gasteiger partial charge in [0.1, 0.15) is 18.2 Å². The van der Waals surface area contributed by atoms with E-state index in [1.54, 1.807) is 6.07 Å². The average molecular weight is 259 g/mol. The van der Waals surface area contributed by atoms with Crippen molar-refractivity contribution in [2.45, 2.75) is 12.5 Å². The Morgan fingerprint density at radius 1 is 1.53 bits per heavy atom. The Labute approximate surface area is 105 Å². The van der Waals surface area contributed by atoms with Gasteiger partial charge in [-0.05, 0) is 31.2 Å². The highest BCUT2D eigenvalue weighted by atomic mass is 35.5. The van der Waals surface area contributed by atoms with Gasteiger partial charge in [0, 0.05) is 19.1 Å². The lowest BCUT2D eigenvalue weighted by atomic mass is 10.3. The van der Waals surface area contributed by atoms with Crippen LogP contribution >= 0.6 is 11.6 Å². The third-order valence-corrected chi connectivity index (χ3v) is 3.16. The molecular weight excluding hydrogens is 243 g/mol. The first-order valence-electron chi connectivity index (χ1n) is 5.71. The van der Waals surface area contributed by atoms with E-state index in [1.807, 2.05) is 0 Å². The quantitative estimate of drug-likeness (QED) is 0.896. The average Bonchev–Trinajstić information content (AvgIpc) is 2.68. The number of halogens is 2. The molecule has 1 saturated heterocycles. The zero-order valence-electron chi connectivity index (χ0n) is 9.53. The molecule has 1 aliphatic rings. The van der Waals surface area contributed by atoms with Crippen LogP contribution in [0.3, 0.4) is 0 Å². The van der Waals surface area contributed by atoms with Crippen molar-refractivity contribution in [3.05, 3.63) is 29.0 Å². The Kier molecular flexibility index (Phi) is 4.20. The van der Waals surface area contributed by atoms with Crippen LogP contribution in [-0.2, 0) is 0 Å². The van der Waals surface area contributed by atoms with Gasteiger partial charge >= 0.3 is 0 Å². The van der Waals surface area contributed by atoms with E-state index >= 15 is 0 Å². The fraction of sp³-hybridized carbons (Fsp3) is 0.500. The first kappa shape index (κ1) is 12.6. The Bertz CT molecular complexity index is 389. The van der Waals surface area contributed by atoms with Crippen molar-refractivity contribution in [2.24, 2.45) is 5.73 Å². The molecule has 17 heavy (non-hydrogen) atoms. The minimum absolute atomic E-state index is 0.282. The van der Waals surface area contributed by atoms with Crippen molar-refractivity contribution in [2.75, 3.05) is 26.2 Å². The number of nitrogens with two attached hydrogens (primary N) is 1. The van der Waals surface area contributed by atoms with Crippen molar-refractivity contribution in [3.63, 3.8) is 0 Å². The van der Waals surface area contributed by atoms with E-state index < -0.39 is 0 Å². The van der Waals surface area contributed by atoms with Crippen molar-refractivity contribution in [1.29, 1.82) is 0 Å². The van der Waals surface area contributed by atoms with Crippen molar-refractivity contribution in [3.8, 4) is 5.75 Å². The largest absolute Gasteiger partial charge is 0.491 e. The zero-order chi connectivity index (χ0) is 12.3. The number of rotatable bonds is 4. The first-order chi connectivity index (χ1) is 8.15. The second kappa shape index (κ2) is 5.67. The predicted octanol–water partition coefficient (Wildman–Crippen LogP) is 1.89. The monoisotopic (exact) mass is 258 g/mol. The molecule has 94 valence electrons. The summed E-state index contributed by atoms with van der Waals surface area (Å²) in [6.45, 7) is 3.29. The van der Waals surface area contributed by atoms with Gasteiger partial charge in [0.05, 0.1) is 5.02 Å². The number of likely N-dealkylation sites (tertiary alicyclic amines) is 1. The molecule has 1 fully saturated rings. The Hall–Kier alpha value is -0.840. The molecule has 0 bridgehead atoms.